The first-order valence-corrected chi connectivity index (χ1v) is 10.4. The maximum absolute atomic E-state index is 13.6. The number of benzene rings is 2. The highest BCUT2D eigenvalue weighted by Crippen LogP contribution is 2.27. The van der Waals surface area contributed by atoms with Gasteiger partial charge in [0, 0.05) is 17.6 Å². The number of imide groups is 1. The second kappa shape index (κ2) is 9.83. The second-order valence-electron chi connectivity index (χ2n) is 7.76. The standard InChI is InChI=1S/C23H25ClN2O5/c1-15(2)25(22(28)29)13-20(17-8-10-18(24)11-9-17)21(27)26-19(14-31-23(26)30)12-16-6-4-3-5-7-16/h3-11,15,19-20H,12-14H2,1-2H3,(H,28,29)/t19-,20+/m0/s1. The van der Waals surface area contributed by atoms with Gasteiger partial charge in [0.1, 0.15) is 6.61 Å². The van der Waals surface area contributed by atoms with Crippen LogP contribution in [-0.4, -0.2) is 58.2 Å². The average Bonchev–Trinajstić information content (AvgIpc) is 3.09. The Bertz CT molecular complexity index is 933. The van der Waals surface area contributed by atoms with Crippen molar-refractivity contribution in [2.45, 2.75) is 38.3 Å². The highest BCUT2D eigenvalue weighted by molar-refractivity contribution is 6.30. The molecule has 3 amide bonds. The monoisotopic (exact) mass is 444 g/mol. The minimum atomic E-state index is -1.13. The molecule has 164 valence electrons. The molecule has 2 atom stereocenters. The second-order valence-corrected chi connectivity index (χ2v) is 8.20. The van der Waals surface area contributed by atoms with Crippen LogP contribution in [0.15, 0.2) is 54.6 Å². The van der Waals surface area contributed by atoms with E-state index in [1.807, 2.05) is 30.3 Å². The number of ether oxygens (including phenoxy) is 1. The van der Waals surface area contributed by atoms with Crippen molar-refractivity contribution in [3.05, 3.63) is 70.7 Å². The van der Waals surface area contributed by atoms with Gasteiger partial charge in [0.25, 0.3) is 0 Å². The molecule has 1 saturated heterocycles. The Morgan fingerprint density at radius 3 is 2.39 bits per heavy atom. The number of nitrogens with zero attached hydrogens (tertiary/aromatic N) is 2. The summed E-state index contributed by atoms with van der Waals surface area (Å²) in [5.41, 5.74) is 1.56. The van der Waals surface area contributed by atoms with Crippen molar-refractivity contribution < 1.29 is 24.2 Å². The van der Waals surface area contributed by atoms with Gasteiger partial charge in [0.2, 0.25) is 5.91 Å². The molecule has 31 heavy (non-hydrogen) atoms. The number of hydrogen-bond acceptors (Lipinski definition) is 4. The lowest BCUT2D eigenvalue weighted by atomic mass is 9.95. The van der Waals surface area contributed by atoms with Crippen LogP contribution in [0, 0.1) is 0 Å². The molecule has 1 aliphatic heterocycles. The topological polar surface area (TPSA) is 87.2 Å². The fourth-order valence-electron chi connectivity index (χ4n) is 3.66. The van der Waals surface area contributed by atoms with E-state index in [4.69, 9.17) is 16.3 Å². The molecule has 0 spiro atoms. The number of rotatable bonds is 7. The van der Waals surface area contributed by atoms with Crippen LogP contribution in [0.3, 0.4) is 0 Å². The third-order valence-corrected chi connectivity index (χ3v) is 5.58. The lowest BCUT2D eigenvalue weighted by molar-refractivity contribution is -0.131. The quantitative estimate of drug-likeness (QED) is 0.683. The van der Waals surface area contributed by atoms with E-state index in [2.05, 4.69) is 0 Å². The molecule has 1 heterocycles. The molecular weight excluding hydrogens is 420 g/mol. The van der Waals surface area contributed by atoms with Crippen molar-refractivity contribution in [1.82, 2.24) is 9.80 Å². The third-order valence-electron chi connectivity index (χ3n) is 5.33. The summed E-state index contributed by atoms with van der Waals surface area (Å²) in [4.78, 5) is 40.2. The molecule has 2 aromatic rings. The Kier molecular flexibility index (Phi) is 7.17. The van der Waals surface area contributed by atoms with Gasteiger partial charge in [-0.05, 0) is 43.5 Å². The van der Waals surface area contributed by atoms with Crippen LogP contribution >= 0.6 is 11.6 Å². The van der Waals surface area contributed by atoms with Crippen LogP contribution in [0.2, 0.25) is 5.02 Å². The van der Waals surface area contributed by atoms with E-state index in [0.29, 0.717) is 17.0 Å². The Balaban J connectivity index is 1.92. The predicted molar refractivity (Wildman–Crippen MR) is 116 cm³/mol. The van der Waals surface area contributed by atoms with Crippen LogP contribution in [-0.2, 0) is 16.0 Å². The molecule has 0 aromatic heterocycles. The lowest BCUT2D eigenvalue weighted by Crippen LogP contribution is -2.47. The summed E-state index contributed by atoms with van der Waals surface area (Å²) in [5, 5.41) is 10.1. The molecule has 7 nitrogen and oxygen atoms in total. The van der Waals surface area contributed by atoms with Gasteiger partial charge in [-0.15, -0.1) is 0 Å². The first kappa shape index (κ1) is 22.6. The van der Waals surface area contributed by atoms with Crippen LogP contribution in [0.1, 0.15) is 30.9 Å². The maximum atomic E-state index is 13.6. The summed E-state index contributed by atoms with van der Waals surface area (Å²) < 4.78 is 5.19. The summed E-state index contributed by atoms with van der Waals surface area (Å²) in [7, 11) is 0. The largest absolute Gasteiger partial charge is 0.465 e. The van der Waals surface area contributed by atoms with Gasteiger partial charge in [-0.1, -0.05) is 54.1 Å². The predicted octanol–water partition coefficient (Wildman–Crippen LogP) is 4.40. The Labute approximate surface area is 186 Å². The minimum absolute atomic E-state index is 0.0880. The van der Waals surface area contributed by atoms with Crippen LogP contribution in [0.4, 0.5) is 9.59 Å². The van der Waals surface area contributed by atoms with Crippen molar-refractivity contribution in [3.63, 3.8) is 0 Å². The summed E-state index contributed by atoms with van der Waals surface area (Å²) >= 11 is 5.99. The lowest BCUT2D eigenvalue weighted by Gasteiger charge is -2.31. The summed E-state index contributed by atoms with van der Waals surface area (Å²) in [6.07, 6.45) is -1.39. The van der Waals surface area contributed by atoms with Crippen molar-refractivity contribution in [2.75, 3.05) is 13.2 Å². The summed E-state index contributed by atoms with van der Waals surface area (Å²) in [5.74, 6) is -1.36. The van der Waals surface area contributed by atoms with Gasteiger partial charge in [0.15, 0.2) is 0 Å². The molecule has 1 aliphatic rings. The van der Waals surface area contributed by atoms with Crippen LogP contribution in [0.25, 0.3) is 0 Å². The van der Waals surface area contributed by atoms with Gasteiger partial charge < -0.3 is 14.7 Å². The van der Waals surface area contributed by atoms with E-state index >= 15 is 0 Å². The normalized spacial score (nSPS) is 16.8. The van der Waals surface area contributed by atoms with Gasteiger partial charge in [-0.2, -0.15) is 0 Å². The van der Waals surface area contributed by atoms with Gasteiger partial charge in [-0.25, -0.2) is 14.5 Å². The van der Waals surface area contributed by atoms with E-state index < -0.39 is 30.1 Å². The van der Waals surface area contributed by atoms with Crippen molar-refractivity contribution >= 4 is 29.7 Å². The van der Waals surface area contributed by atoms with Crippen molar-refractivity contribution in [3.8, 4) is 0 Å². The molecule has 8 heteroatoms. The zero-order chi connectivity index (χ0) is 22.5. The molecule has 1 fully saturated rings. The molecule has 0 unspecified atom stereocenters. The third kappa shape index (κ3) is 5.35. The molecule has 3 rings (SSSR count). The minimum Gasteiger partial charge on any atom is -0.465 e. The molecule has 1 N–H and O–H groups in total. The molecule has 0 radical (unpaired) electrons. The summed E-state index contributed by atoms with van der Waals surface area (Å²) in [6.45, 7) is 3.48. The van der Waals surface area contributed by atoms with E-state index in [1.54, 1.807) is 38.1 Å². The first-order chi connectivity index (χ1) is 14.8. The smallest absolute Gasteiger partial charge is 0.417 e. The zero-order valence-corrected chi connectivity index (χ0v) is 18.2. The average molecular weight is 445 g/mol. The molecular formula is C23H25ClN2O5. The van der Waals surface area contributed by atoms with Gasteiger partial charge >= 0.3 is 12.2 Å². The highest BCUT2D eigenvalue weighted by atomic mass is 35.5. The fraction of sp³-hybridized carbons (Fsp3) is 0.348. The molecule has 0 aliphatic carbocycles. The van der Waals surface area contributed by atoms with Crippen LogP contribution < -0.4 is 0 Å². The Morgan fingerprint density at radius 1 is 1.16 bits per heavy atom. The van der Waals surface area contributed by atoms with Gasteiger partial charge in [-0.3, -0.25) is 4.79 Å². The maximum Gasteiger partial charge on any atom is 0.417 e. The molecule has 0 saturated carbocycles. The molecule has 0 bridgehead atoms. The van der Waals surface area contributed by atoms with Crippen molar-refractivity contribution in [2.24, 2.45) is 0 Å². The fourth-order valence-corrected chi connectivity index (χ4v) is 3.79. The van der Waals surface area contributed by atoms with E-state index in [0.717, 1.165) is 10.5 Å². The number of amides is 3. The summed E-state index contributed by atoms with van der Waals surface area (Å²) in [6, 6.07) is 15.4. The van der Waals surface area contributed by atoms with E-state index in [1.165, 1.54) is 4.90 Å². The number of cyclic esters (lactones) is 1. The SMILES string of the molecule is CC(C)N(C[C@@H](C(=O)N1C(=O)OC[C@@H]1Cc1ccccc1)c1ccc(Cl)cc1)C(=O)O. The number of halogens is 1. The van der Waals surface area contributed by atoms with E-state index in [9.17, 15) is 19.5 Å². The Hall–Kier alpha value is -3.06. The number of carbonyl (C=O) groups excluding carboxylic acids is 2. The number of carboxylic acid groups (broad SMARTS) is 1. The van der Waals surface area contributed by atoms with Crippen LogP contribution in [0.5, 0.6) is 0 Å². The van der Waals surface area contributed by atoms with Gasteiger partial charge in [0.05, 0.1) is 12.0 Å². The number of hydrogen-bond donors (Lipinski definition) is 1. The van der Waals surface area contributed by atoms with Crippen molar-refractivity contribution in [1.29, 1.82) is 0 Å². The highest BCUT2D eigenvalue weighted by Gasteiger charge is 2.42. The molecule has 2 aromatic carbocycles. The Morgan fingerprint density at radius 2 is 1.81 bits per heavy atom. The zero-order valence-electron chi connectivity index (χ0n) is 17.4. The van der Waals surface area contributed by atoms with E-state index in [-0.39, 0.29) is 19.2 Å². The first-order valence-electron chi connectivity index (χ1n) is 10.1. The number of carbonyl (C=O) groups is 3.